The zero-order valence-corrected chi connectivity index (χ0v) is 9.61. The minimum atomic E-state index is 0.459. The van der Waals surface area contributed by atoms with Gasteiger partial charge in [0, 0.05) is 17.1 Å². The third kappa shape index (κ3) is 2.02. The molecular weight excluding hydrogens is 198 g/mol. The number of benzene rings is 1. The van der Waals surface area contributed by atoms with Gasteiger partial charge in [-0.1, -0.05) is 11.6 Å². The van der Waals surface area contributed by atoms with Crippen LogP contribution in [0.2, 0.25) is 5.02 Å². The minimum absolute atomic E-state index is 0.459. The molecule has 0 radical (unpaired) electrons. The summed E-state index contributed by atoms with van der Waals surface area (Å²) in [6.07, 6.45) is 0. The number of ether oxygens (including phenoxy) is 1. The van der Waals surface area contributed by atoms with Crippen molar-refractivity contribution >= 4 is 11.6 Å². The van der Waals surface area contributed by atoms with E-state index in [0.29, 0.717) is 13.2 Å². The second-order valence-corrected chi connectivity index (χ2v) is 3.62. The van der Waals surface area contributed by atoms with E-state index < -0.39 is 0 Å². The Bertz CT molecular complexity index is 337. The van der Waals surface area contributed by atoms with Gasteiger partial charge in [0.05, 0.1) is 6.61 Å². The predicted molar refractivity (Wildman–Crippen MR) is 60.0 cm³/mol. The summed E-state index contributed by atoms with van der Waals surface area (Å²) in [5.74, 6) is 0.856. The molecule has 0 amide bonds. The van der Waals surface area contributed by atoms with Crippen molar-refractivity contribution in [1.82, 2.24) is 0 Å². The van der Waals surface area contributed by atoms with Crippen LogP contribution in [0.25, 0.3) is 0 Å². The van der Waals surface area contributed by atoms with Crippen molar-refractivity contribution in [2.45, 2.75) is 27.3 Å². The maximum absolute atomic E-state index is 6.12. The monoisotopic (exact) mass is 213 g/mol. The van der Waals surface area contributed by atoms with Crippen LogP contribution < -0.4 is 10.5 Å². The zero-order valence-electron chi connectivity index (χ0n) is 8.86. The molecule has 0 fully saturated rings. The van der Waals surface area contributed by atoms with Crippen LogP contribution in [0.3, 0.4) is 0 Å². The molecule has 3 heteroatoms. The van der Waals surface area contributed by atoms with Gasteiger partial charge in [0.2, 0.25) is 0 Å². The molecule has 0 heterocycles. The Morgan fingerprint density at radius 1 is 1.43 bits per heavy atom. The Morgan fingerprint density at radius 3 is 2.57 bits per heavy atom. The average molecular weight is 214 g/mol. The van der Waals surface area contributed by atoms with E-state index in [-0.39, 0.29) is 0 Å². The lowest BCUT2D eigenvalue weighted by Crippen LogP contribution is -2.05. The summed E-state index contributed by atoms with van der Waals surface area (Å²) in [5, 5.41) is 0.786. The molecule has 0 aliphatic rings. The van der Waals surface area contributed by atoms with Crippen molar-refractivity contribution in [3.05, 3.63) is 27.8 Å². The molecule has 1 rings (SSSR count). The van der Waals surface area contributed by atoms with E-state index in [1.165, 1.54) is 0 Å². The number of aryl methyl sites for hydroxylation is 1. The fraction of sp³-hybridized carbons (Fsp3) is 0.455. The average Bonchev–Trinajstić information content (AvgIpc) is 2.16. The summed E-state index contributed by atoms with van der Waals surface area (Å²) in [4.78, 5) is 0. The van der Waals surface area contributed by atoms with Crippen LogP contribution in [0.15, 0.2) is 6.07 Å². The number of hydrogen-bond acceptors (Lipinski definition) is 2. The van der Waals surface area contributed by atoms with Crippen molar-refractivity contribution < 1.29 is 4.74 Å². The molecule has 0 spiro atoms. The Balaban J connectivity index is 3.28. The van der Waals surface area contributed by atoms with E-state index in [0.717, 1.165) is 27.5 Å². The van der Waals surface area contributed by atoms with Crippen molar-refractivity contribution in [1.29, 1.82) is 0 Å². The molecule has 0 aliphatic heterocycles. The predicted octanol–water partition coefficient (Wildman–Crippen LogP) is 2.81. The summed E-state index contributed by atoms with van der Waals surface area (Å²) in [6, 6.07) is 1.95. The Hall–Kier alpha value is -0.730. The third-order valence-corrected chi connectivity index (χ3v) is 2.86. The lowest BCUT2D eigenvalue weighted by Gasteiger charge is -2.14. The largest absolute Gasteiger partial charge is 0.494 e. The van der Waals surface area contributed by atoms with Crippen molar-refractivity contribution in [3.8, 4) is 5.75 Å². The quantitative estimate of drug-likeness (QED) is 0.838. The van der Waals surface area contributed by atoms with E-state index in [2.05, 4.69) is 0 Å². The molecule has 0 bridgehead atoms. The van der Waals surface area contributed by atoms with Crippen LogP contribution in [-0.4, -0.2) is 6.61 Å². The van der Waals surface area contributed by atoms with Gasteiger partial charge in [0.1, 0.15) is 5.75 Å². The molecule has 1 aromatic carbocycles. The summed E-state index contributed by atoms with van der Waals surface area (Å²) < 4.78 is 5.51. The molecule has 2 nitrogen and oxygen atoms in total. The van der Waals surface area contributed by atoms with Gasteiger partial charge in [-0.2, -0.15) is 0 Å². The second kappa shape index (κ2) is 4.67. The first kappa shape index (κ1) is 11.3. The molecule has 0 saturated carbocycles. The molecular formula is C11H16ClNO. The molecule has 14 heavy (non-hydrogen) atoms. The first-order valence-electron chi connectivity index (χ1n) is 4.73. The van der Waals surface area contributed by atoms with E-state index in [9.17, 15) is 0 Å². The van der Waals surface area contributed by atoms with Crippen molar-refractivity contribution in [2.24, 2.45) is 5.73 Å². The fourth-order valence-electron chi connectivity index (χ4n) is 1.50. The van der Waals surface area contributed by atoms with Gasteiger partial charge in [0.25, 0.3) is 0 Å². The van der Waals surface area contributed by atoms with Crippen LogP contribution in [0.5, 0.6) is 5.75 Å². The number of nitrogens with two attached hydrogens (primary N) is 1. The zero-order chi connectivity index (χ0) is 10.7. The second-order valence-electron chi connectivity index (χ2n) is 3.25. The topological polar surface area (TPSA) is 35.2 Å². The van der Waals surface area contributed by atoms with Gasteiger partial charge >= 0.3 is 0 Å². The van der Waals surface area contributed by atoms with Gasteiger partial charge in [0.15, 0.2) is 0 Å². The van der Waals surface area contributed by atoms with Crippen LogP contribution in [0, 0.1) is 13.8 Å². The highest BCUT2D eigenvalue weighted by Gasteiger charge is 2.11. The highest BCUT2D eigenvalue weighted by Crippen LogP contribution is 2.31. The Labute approximate surface area is 90.0 Å². The lowest BCUT2D eigenvalue weighted by molar-refractivity contribution is 0.336. The molecule has 78 valence electrons. The smallest absolute Gasteiger partial charge is 0.124 e. The standard InChI is InChI=1S/C11H16ClNO/c1-4-14-10-5-7(2)11(12)8(3)9(10)6-13/h5H,4,6,13H2,1-3H3. The van der Waals surface area contributed by atoms with Crippen molar-refractivity contribution in [2.75, 3.05) is 6.61 Å². The fourth-order valence-corrected chi connectivity index (χ4v) is 1.67. The maximum atomic E-state index is 6.12. The molecule has 2 N–H and O–H groups in total. The summed E-state index contributed by atoms with van der Waals surface area (Å²) in [7, 11) is 0. The van der Waals surface area contributed by atoms with Crippen molar-refractivity contribution in [3.63, 3.8) is 0 Å². The highest BCUT2D eigenvalue weighted by molar-refractivity contribution is 6.32. The number of rotatable bonds is 3. The third-order valence-electron chi connectivity index (χ3n) is 2.28. The molecule has 0 aromatic heterocycles. The van der Waals surface area contributed by atoms with Gasteiger partial charge < -0.3 is 10.5 Å². The molecule has 1 aromatic rings. The molecule has 0 aliphatic carbocycles. The highest BCUT2D eigenvalue weighted by atomic mass is 35.5. The van der Waals surface area contributed by atoms with Crippen LogP contribution >= 0.6 is 11.6 Å². The Kier molecular flexibility index (Phi) is 3.78. The maximum Gasteiger partial charge on any atom is 0.124 e. The van der Waals surface area contributed by atoms with E-state index in [1.54, 1.807) is 0 Å². The van der Waals surface area contributed by atoms with E-state index >= 15 is 0 Å². The molecule has 0 atom stereocenters. The molecule has 0 saturated heterocycles. The first-order valence-corrected chi connectivity index (χ1v) is 5.11. The van der Waals surface area contributed by atoms with Crippen LogP contribution in [-0.2, 0) is 6.54 Å². The van der Waals surface area contributed by atoms with Crippen LogP contribution in [0.1, 0.15) is 23.6 Å². The van der Waals surface area contributed by atoms with E-state index in [4.69, 9.17) is 22.1 Å². The van der Waals surface area contributed by atoms with E-state index in [1.807, 2.05) is 26.8 Å². The van der Waals surface area contributed by atoms with Crippen LogP contribution in [0.4, 0.5) is 0 Å². The van der Waals surface area contributed by atoms with Gasteiger partial charge in [-0.25, -0.2) is 0 Å². The lowest BCUT2D eigenvalue weighted by atomic mass is 10.0. The molecule has 0 unspecified atom stereocenters. The van der Waals surface area contributed by atoms with Gasteiger partial charge in [-0.05, 0) is 38.0 Å². The summed E-state index contributed by atoms with van der Waals surface area (Å²) >= 11 is 6.12. The SMILES string of the molecule is CCOc1cc(C)c(Cl)c(C)c1CN. The number of hydrogen-bond donors (Lipinski definition) is 1. The first-order chi connectivity index (χ1) is 6.61. The Morgan fingerprint density at radius 2 is 2.07 bits per heavy atom. The van der Waals surface area contributed by atoms with Gasteiger partial charge in [-0.15, -0.1) is 0 Å². The summed E-state index contributed by atoms with van der Waals surface area (Å²) in [6.45, 7) is 7.01. The minimum Gasteiger partial charge on any atom is -0.494 e. The summed E-state index contributed by atoms with van der Waals surface area (Å²) in [5.41, 5.74) is 8.72. The number of halogens is 1. The normalized spacial score (nSPS) is 10.4. The van der Waals surface area contributed by atoms with Gasteiger partial charge in [-0.3, -0.25) is 0 Å².